The number of ether oxygens (including phenoxy) is 1. The van der Waals surface area contributed by atoms with Crippen LogP contribution in [0.25, 0.3) is 0 Å². The summed E-state index contributed by atoms with van der Waals surface area (Å²) in [6.07, 6.45) is 0. The first-order valence-corrected chi connectivity index (χ1v) is 3.82. The van der Waals surface area contributed by atoms with E-state index >= 15 is 0 Å². The number of carbonyl (C=O) groups is 1. The zero-order valence-electron chi connectivity index (χ0n) is 6.14. The van der Waals surface area contributed by atoms with E-state index in [1.165, 1.54) is 6.07 Å². The molecule has 5 nitrogen and oxygen atoms in total. The van der Waals surface area contributed by atoms with Crippen LogP contribution in [0, 0.1) is 17.0 Å². The summed E-state index contributed by atoms with van der Waals surface area (Å²) in [4.78, 5) is 20.2. The van der Waals surface area contributed by atoms with Gasteiger partial charge < -0.3 is 4.74 Å². The number of hydrogen-bond donors (Lipinski definition) is 0. The van der Waals surface area contributed by atoms with Crippen LogP contribution in [0.15, 0.2) is 6.07 Å². The van der Waals surface area contributed by atoms with E-state index in [9.17, 15) is 14.9 Å². The molecule has 1 aromatic heterocycles. The normalized spacial score (nSPS) is 9.42. The highest BCUT2D eigenvalue weighted by atomic mass is 32.1. The van der Waals surface area contributed by atoms with E-state index in [2.05, 4.69) is 4.74 Å². The molecule has 1 rings (SSSR count). The Morgan fingerprint density at radius 2 is 2.42 bits per heavy atom. The van der Waals surface area contributed by atoms with Crippen molar-refractivity contribution in [3.63, 3.8) is 0 Å². The molecular formula is C6H5NO4S. The predicted molar refractivity (Wildman–Crippen MR) is 42.4 cm³/mol. The number of hydrogen-bond acceptors (Lipinski definition) is 5. The molecule has 0 bridgehead atoms. The number of nitro groups is 1. The number of aryl methyl sites for hydroxylation is 1. The molecule has 1 heterocycles. The second-order valence-corrected chi connectivity index (χ2v) is 3.20. The molecule has 64 valence electrons. The molecule has 0 aliphatic carbocycles. The largest absolute Gasteiger partial charge is 0.417 e. The minimum absolute atomic E-state index is 0.0168. The molecule has 0 N–H and O–H groups in total. The first-order chi connectivity index (χ1) is 5.65. The molecule has 0 aliphatic heterocycles. The van der Waals surface area contributed by atoms with Crippen LogP contribution in [0.3, 0.4) is 0 Å². The molecule has 1 aromatic rings. The van der Waals surface area contributed by atoms with Gasteiger partial charge in [-0.15, -0.1) is 0 Å². The summed E-state index contributed by atoms with van der Waals surface area (Å²) in [7, 11) is 0. The Hall–Kier alpha value is -1.43. The maximum atomic E-state index is 10.3. The van der Waals surface area contributed by atoms with E-state index in [-0.39, 0.29) is 17.2 Å². The monoisotopic (exact) mass is 187 g/mol. The lowest BCUT2D eigenvalue weighted by Crippen LogP contribution is -1.86. The van der Waals surface area contributed by atoms with Gasteiger partial charge in [-0.2, -0.15) is 0 Å². The fourth-order valence-electron chi connectivity index (χ4n) is 0.733. The topological polar surface area (TPSA) is 69.4 Å². The van der Waals surface area contributed by atoms with Gasteiger partial charge in [-0.25, -0.2) is 0 Å². The number of nitrogens with zero attached hydrogens (tertiary/aromatic N) is 1. The lowest BCUT2D eigenvalue weighted by molar-refractivity contribution is -0.385. The summed E-state index contributed by atoms with van der Waals surface area (Å²) in [6.45, 7) is 1.84. The molecule has 0 amide bonds. The Morgan fingerprint density at radius 3 is 2.83 bits per heavy atom. The van der Waals surface area contributed by atoms with Crippen molar-refractivity contribution in [1.82, 2.24) is 0 Å². The van der Waals surface area contributed by atoms with Crippen LogP contribution in [0.1, 0.15) is 4.88 Å². The fraction of sp³-hybridized carbons (Fsp3) is 0.167. The van der Waals surface area contributed by atoms with Gasteiger partial charge in [-0.1, -0.05) is 11.3 Å². The number of rotatable bonds is 3. The van der Waals surface area contributed by atoms with Crippen molar-refractivity contribution in [2.24, 2.45) is 0 Å². The summed E-state index contributed by atoms with van der Waals surface area (Å²) in [5, 5.41) is 10.6. The lowest BCUT2D eigenvalue weighted by atomic mass is 10.4. The number of carbonyl (C=O) groups excluding carboxylic acids is 1. The van der Waals surface area contributed by atoms with Gasteiger partial charge >= 0.3 is 0 Å². The summed E-state index contributed by atoms with van der Waals surface area (Å²) >= 11 is 1.07. The third-order valence-electron chi connectivity index (χ3n) is 1.23. The standard InChI is InChI=1S/C6H5NO4S/c1-4-5(7(9)10)2-6(12-4)11-3-8/h2-3H,1H3. The van der Waals surface area contributed by atoms with Crippen LogP contribution in [-0.4, -0.2) is 11.4 Å². The van der Waals surface area contributed by atoms with E-state index in [0.29, 0.717) is 4.88 Å². The van der Waals surface area contributed by atoms with Gasteiger partial charge in [-0.3, -0.25) is 14.9 Å². The first kappa shape index (κ1) is 8.66. The lowest BCUT2D eigenvalue weighted by Gasteiger charge is -1.84. The third-order valence-corrected chi connectivity index (χ3v) is 2.16. The summed E-state index contributed by atoms with van der Waals surface area (Å²) in [6, 6.07) is 1.23. The Labute approximate surface area is 71.7 Å². The number of thiophene rings is 1. The van der Waals surface area contributed by atoms with E-state index in [1.807, 2.05) is 0 Å². The SMILES string of the molecule is Cc1sc(OC=O)cc1[N+](=O)[O-]. The van der Waals surface area contributed by atoms with E-state index in [4.69, 9.17) is 0 Å². The van der Waals surface area contributed by atoms with Crippen molar-refractivity contribution in [2.75, 3.05) is 0 Å². The maximum absolute atomic E-state index is 10.3. The van der Waals surface area contributed by atoms with Gasteiger partial charge in [0, 0.05) is 0 Å². The highest BCUT2D eigenvalue weighted by Gasteiger charge is 2.15. The van der Waals surface area contributed by atoms with Crippen LogP contribution >= 0.6 is 11.3 Å². The van der Waals surface area contributed by atoms with Crippen molar-refractivity contribution in [3.05, 3.63) is 21.1 Å². The zero-order chi connectivity index (χ0) is 9.14. The second-order valence-electron chi connectivity index (χ2n) is 1.98. The highest BCUT2D eigenvalue weighted by Crippen LogP contribution is 2.33. The molecule has 0 radical (unpaired) electrons. The molecule has 6 heteroatoms. The third kappa shape index (κ3) is 1.59. The van der Waals surface area contributed by atoms with Crippen molar-refractivity contribution >= 4 is 23.5 Å². The summed E-state index contributed by atoms with van der Waals surface area (Å²) in [5.74, 6) is 0. The smallest absolute Gasteiger partial charge is 0.299 e. The Balaban J connectivity index is 2.99. The van der Waals surface area contributed by atoms with Gasteiger partial charge in [0.2, 0.25) is 0 Å². The molecule has 0 spiro atoms. The Morgan fingerprint density at radius 1 is 1.75 bits per heavy atom. The van der Waals surface area contributed by atoms with E-state index in [0.717, 1.165) is 11.3 Å². The predicted octanol–water partition coefficient (Wildman–Crippen LogP) is 1.50. The maximum Gasteiger partial charge on any atom is 0.299 e. The summed E-state index contributed by atoms with van der Waals surface area (Å²) < 4.78 is 4.45. The molecular weight excluding hydrogens is 182 g/mol. The van der Waals surface area contributed by atoms with Crippen molar-refractivity contribution in [3.8, 4) is 5.06 Å². The van der Waals surface area contributed by atoms with Crippen LogP contribution < -0.4 is 4.74 Å². The van der Waals surface area contributed by atoms with Crippen molar-refractivity contribution < 1.29 is 14.5 Å². The molecule has 0 aliphatic rings. The van der Waals surface area contributed by atoms with E-state index in [1.54, 1.807) is 6.92 Å². The van der Waals surface area contributed by atoms with Crippen molar-refractivity contribution in [1.29, 1.82) is 0 Å². The molecule has 0 atom stereocenters. The van der Waals surface area contributed by atoms with Crippen LogP contribution in [0.4, 0.5) is 5.69 Å². The molecule has 0 fully saturated rings. The van der Waals surface area contributed by atoms with Crippen molar-refractivity contribution in [2.45, 2.75) is 6.92 Å². The Kier molecular flexibility index (Phi) is 2.39. The molecule has 0 saturated heterocycles. The van der Waals surface area contributed by atoms with Gasteiger partial charge in [-0.05, 0) is 6.92 Å². The minimum atomic E-state index is -0.510. The van der Waals surface area contributed by atoms with Gasteiger partial charge in [0.25, 0.3) is 12.2 Å². The molecule has 0 saturated carbocycles. The Bertz CT molecular complexity index is 319. The summed E-state index contributed by atoms with van der Waals surface area (Å²) in [5.41, 5.74) is -0.0168. The van der Waals surface area contributed by atoms with Crippen LogP contribution in [-0.2, 0) is 4.79 Å². The van der Waals surface area contributed by atoms with E-state index < -0.39 is 4.92 Å². The first-order valence-electron chi connectivity index (χ1n) is 3.00. The quantitative estimate of drug-likeness (QED) is 0.408. The van der Waals surface area contributed by atoms with Gasteiger partial charge in [0.1, 0.15) is 0 Å². The minimum Gasteiger partial charge on any atom is -0.417 e. The highest BCUT2D eigenvalue weighted by molar-refractivity contribution is 7.14. The average molecular weight is 187 g/mol. The van der Waals surface area contributed by atoms with Crippen LogP contribution in [0.5, 0.6) is 5.06 Å². The van der Waals surface area contributed by atoms with Crippen LogP contribution in [0.2, 0.25) is 0 Å². The second kappa shape index (κ2) is 3.31. The fourth-order valence-corrected chi connectivity index (χ4v) is 1.53. The zero-order valence-corrected chi connectivity index (χ0v) is 6.96. The van der Waals surface area contributed by atoms with Gasteiger partial charge in [0.15, 0.2) is 5.06 Å². The molecule has 12 heavy (non-hydrogen) atoms. The average Bonchev–Trinajstić information content (AvgIpc) is 2.32. The molecule has 0 aromatic carbocycles. The van der Waals surface area contributed by atoms with Gasteiger partial charge in [0.05, 0.1) is 15.9 Å². The molecule has 0 unspecified atom stereocenters.